The SMILES string of the molecule is Cc1cc([N+](=O)[O-])ccc1NC(=O)NC[C@H](O)c1cccc(F)c1. The molecule has 7 nitrogen and oxygen atoms in total. The van der Waals surface area contributed by atoms with Gasteiger partial charge in [0.05, 0.1) is 11.0 Å². The van der Waals surface area contributed by atoms with Gasteiger partial charge >= 0.3 is 6.03 Å². The number of nitrogens with zero attached hydrogens (tertiary/aromatic N) is 1. The van der Waals surface area contributed by atoms with Crippen molar-refractivity contribution in [2.24, 2.45) is 0 Å². The van der Waals surface area contributed by atoms with Crippen LogP contribution in [-0.4, -0.2) is 22.6 Å². The highest BCUT2D eigenvalue weighted by Gasteiger charge is 2.12. The van der Waals surface area contributed by atoms with Crippen molar-refractivity contribution >= 4 is 17.4 Å². The highest BCUT2D eigenvalue weighted by Crippen LogP contribution is 2.21. The first-order valence-electron chi connectivity index (χ1n) is 7.10. The standard InChI is InChI=1S/C16H16FN3O4/c1-10-7-13(20(23)24)5-6-14(10)19-16(22)18-9-15(21)11-3-2-4-12(17)8-11/h2-8,15,21H,9H2,1H3,(H2,18,19,22)/t15-/m0/s1. The summed E-state index contributed by atoms with van der Waals surface area (Å²) in [5.41, 5.74) is 1.23. The van der Waals surface area contributed by atoms with E-state index in [1.807, 2.05) is 0 Å². The molecule has 0 aliphatic carbocycles. The van der Waals surface area contributed by atoms with Gasteiger partial charge in [-0.25, -0.2) is 9.18 Å². The number of halogens is 1. The number of aliphatic hydroxyl groups is 1. The summed E-state index contributed by atoms with van der Waals surface area (Å²) < 4.78 is 13.1. The average Bonchev–Trinajstić information content (AvgIpc) is 2.54. The van der Waals surface area contributed by atoms with Gasteiger partial charge in [0.1, 0.15) is 5.82 Å². The molecule has 0 saturated carbocycles. The normalized spacial score (nSPS) is 11.6. The highest BCUT2D eigenvalue weighted by molar-refractivity contribution is 5.90. The number of carbonyl (C=O) groups is 1. The van der Waals surface area contributed by atoms with E-state index >= 15 is 0 Å². The maximum atomic E-state index is 13.1. The number of hydrogen-bond acceptors (Lipinski definition) is 4. The Morgan fingerprint density at radius 2 is 2.08 bits per heavy atom. The molecule has 0 spiro atoms. The van der Waals surface area contributed by atoms with E-state index in [0.717, 1.165) is 0 Å². The summed E-state index contributed by atoms with van der Waals surface area (Å²) in [5.74, 6) is -0.475. The Morgan fingerprint density at radius 3 is 2.71 bits per heavy atom. The maximum absolute atomic E-state index is 13.1. The second-order valence-corrected chi connectivity index (χ2v) is 5.16. The summed E-state index contributed by atoms with van der Waals surface area (Å²) in [6.45, 7) is 1.52. The topological polar surface area (TPSA) is 105 Å². The van der Waals surface area contributed by atoms with Gasteiger partial charge in [0.25, 0.3) is 5.69 Å². The number of benzene rings is 2. The number of hydrogen-bond donors (Lipinski definition) is 3. The van der Waals surface area contributed by atoms with E-state index in [1.54, 1.807) is 13.0 Å². The molecule has 0 aliphatic heterocycles. The molecular weight excluding hydrogens is 317 g/mol. The van der Waals surface area contributed by atoms with Gasteiger partial charge in [0.15, 0.2) is 0 Å². The minimum Gasteiger partial charge on any atom is -0.387 e. The zero-order valence-corrected chi connectivity index (χ0v) is 12.8. The monoisotopic (exact) mass is 333 g/mol. The van der Waals surface area contributed by atoms with Crippen molar-refractivity contribution in [3.63, 3.8) is 0 Å². The van der Waals surface area contributed by atoms with Gasteiger partial charge in [-0.3, -0.25) is 10.1 Å². The number of anilines is 1. The Morgan fingerprint density at radius 1 is 1.33 bits per heavy atom. The second kappa shape index (κ2) is 7.51. The summed E-state index contributed by atoms with van der Waals surface area (Å²) in [5, 5.41) is 25.6. The molecule has 2 rings (SSSR count). The number of nitrogens with one attached hydrogen (secondary N) is 2. The molecule has 1 atom stereocenters. The maximum Gasteiger partial charge on any atom is 0.319 e. The molecule has 3 N–H and O–H groups in total. The Bertz CT molecular complexity index is 767. The fourth-order valence-electron chi connectivity index (χ4n) is 2.09. The Kier molecular flexibility index (Phi) is 5.43. The lowest BCUT2D eigenvalue weighted by Gasteiger charge is -2.14. The largest absolute Gasteiger partial charge is 0.387 e. The van der Waals surface area contributed by atoms with Gasteiger partial charge in [-0.2, -0.15) is 0 Å². The molecule has 0 radical (unpaired) electrons. The number of aliphatic hydroxyl groups excluding tert-OH is 1. The Hall–Kier alpha value is -3.00. The van der Waals surface area contributed by atoms with Gasteiger partial charge in [-0.1, -0.05) is 12.1 Å². The predicted octanol–water partition coefficient (Wildman–Crippen LogP) is 2.90. The lowest BCUT2D eigenvalue weighted by molar-refractivity contribution is -0.384. The molecule has 0 saturated heterocycles. The second-order valence-electron chi connectivity index (χ2n) is 5.16. The smallest absolute Gasteiger partial charge is 0.319 e. The molecule has 0 fully saturated rings. The fraction of sp³-hybridized carbons (Fsp3) is 0.188. The van der Waals surface area contributed by atoms with Crippen molar-refractivity contribution in [2.75, 3.05) is 11.9 Å². The number of non-ortho nitro benzene ring substituents is 1. The van der Waals surface area contributed by atoms with Crippen LogP contribution in [0.15, 0.2) is 42.5 Å². The van der Waals surface area contributed by atoms with E-state index in [0.29, 0.717) is 16.8 Å². The van der Waals surface area contributed by atoms with Crippen LogP contribution in [-0.2, 0) is 0 Å². The number of carbonyl (C=O) groups excluding carboxylic acids is 1. The molecule has 2 amide bonds. The lowest BCUT2D eigenvalue weighted by atomic mass is 10.1. The third-order valence-corrected chi connectivity index (χ3v) is 3.36. The molecule has 0 aromatic heterocycles. The minimum atomic E-state index is -1.05. The van der Waals surface area contributed by atoms with E-state index in [1.165, 1.54) is 36.4 Å². The van der Waals surface area contributed by atoms with Crippen molar-refractivity contribution in [1.82, 2.24) is 5.32 Å². The number of rotatable bonds is 5. The van der Waals surface area contributed by atoms with Crippen LogP contribution in [0.25, 0.3) is 0 Å². The molecule has 0 bridgehead atoms. The molecule has 24 heavy (non-hydrogen) atoms. The summed E-state index contributed by atoms with van der Waals surface area (Å²) in [6, 6.07) is 8.93. The highest BCUT2D eigenvalue weighted by atomic mass is 19.1. The summed E-state index contributed by atoms with van der Waals surface area (Å²) in [6.07, 6.45) is -1.05. The van der Waals surface area contributed by atoms with Crippen LogP contribution in [0.5, 0.6) is 0 Å². The predicted molar refractivity (Wildman–Crippen MR) is 86.2 cm³/mol. The Labute approximate surface area is 137 Å². The third-order valence-electron chi connectivity index (χ3n) is 3.36. The van der Waals surface area contributed by atoms with Gasteiger partial charge in [0.2, 0.25) is 0 Å². The van der Waals surface area contributed by atoms with E-state index in [9.17, 15) is 24.4 Å². The average molecular weight is 333 g/mol. The lowest BCUT2D eigenvalue weighted by Crippen LogP contribution is -2.32. The molecule has 0 aliphatic rings. The van der Waals surface area contributed by atoms with Crippen LogP contribution in [0.4, 0.5) is 20.6 Å². The zero-order chi connectivity index (χ0) is 17.7. The van der Waals surface area contributed by atoms with Gasteiger partial charge in [-0.05, 0) is 36.2 Å². The van der Waals surface area contributed by atoms with Crippen molar-refractivity contribution < 1.29 is 19.2 Å². The molecule has 126 valence electrons. The van der Waals surface area contributed by atoms with Crippen LogP contribution in [0.1, 0.15) is 17.2 Å². The quantitative estimate of drug-likeness (QED) is 0.578. The van der Waals surface area contributed by atoms with Crippen LogP contribution in [0.2, 0.25) is 0 Å². The summed E-state index contributed by atoms with van der Waals surface area (Å²) >= 11 is 0. The first-order chi connectivity index (χ1) is 11.4. The van der Waals surface area contributed by atoms with E-state index < -0.39 is 22.9 Å². The molecule has 0 unspecified atom stereocenters. The zero-order valence-electron chi connectivity index (χ0n) is 12.8. The van der Waals surface area contributed by atoms with E-state index in [2.05, 4.69) is 10.6 Å². The van der Waals surface area contributed by atoms with Crippen LogP contribution in [0, 0.1) is 22.9 Å². The number of urea groups is 1. The van der Waals surface area contributed by atoms with Crippen molar-refractivity contribution in [3.8, 4) is 0 Å². The minimum absolute atomic E-state index is 0.0695. The van der Waals surface area contributed by atoms with Crippen LogP contribution >= 0.6 is 0 Å². The molecule has 2 aromatic rings. The molecule has 0 heterocycles. The van der Waals surface area contributed by atoms with E-state index in [4.69, 9.17) is 0 Å². The van der Waals surface area contributed by atoms with Gasteiger partial charge in [-0.15, -0.1) is 0 Å². The number of amides is 2. The number of aryl methyl sites for hydroxylation is 1. The molecule has 2 aromatic carbocycles. The number of nitro benzene ring substituents is 1. The van der Waals surface area contributed by atoms with Crippen LogP contribution < -0.4 is 10.6 Å². The fourth-order valence-corrected chi connectivity index (χ4v) is 2.09. The Balaban J connectivity index is 1.93. The van der Waals surface area contributed by atoms with E-state index in [-0.39, 0.29) is 12.2 Å². The first kappa shape index (κ1) is 17.4. The van der Waals surface area contributed by atoms with Gasteiger partial charge < -0.3 is 15.7 Å². The summed E-state index contributed by atoms with van der Waals surface area (Å²) in [7, 11) is 0. The van der Waals surface area contributed by atoms with Crippen molar-refractivity contribution in [3.05, 3.63) is 69.5 Å². The van der Waals surface area contributed by atoms with Crippen molar-refractivity contribution in [1.29, 1.82) is 0 Å². The van der Waals surface area contributed by atoms with Gasteiger partial charge in [0, 0.05) is 24.4 Å². The first-order valence-corrected chi connectivity index (χ1v) is 7.10. The third kappa shape index (κ3) is 4.50. The summed E-state index contributed by atoms with van der Waals surface area (Å²) in [4.78, 5) is 22.0. The van der Waals surface area contributed by atoms with Crippen LogP contribution in [0.3, 0.4) is 0 Å². The van der Waals surface area contributed by atoms with Crippen molar-refractivity contribution in [2.45, 2.75) is 13.0 Å². The molecular formula is C16H16FN3O4. The molecule has 8 heteroatoms. The number of nitro groups is 1.